The van der Waals surface area contributed by atoms with Crippen molar-refractivity contribution in [1.82, 2.24) is 4.98 Å². The molecule has 0 aliphatic carbocycles. The molecular weight excluding hydrogens is 198 g/mol. The Morgan fingerprint density at radius 2 is 2.31 bits per heavy atom. The Bertz CT molecular complexity index is 347. The average Bonchev–Trinajstić information content (AvgIpc) is 2.29. The van der Waals surface area contributed by atoms with Gasteiger partial charge < -0.3 is 10.6 Å². The number of nitrogens with two attached hydrogens (primary N) is 1. The summed E-state index contributed by atoms with van der Waals surface area (Å²) in [6.45, 7) is 10.4. The molecular formula is C13H21N3. The maximum Gasteiger partial charge on any atom is 0.0448 e. The molecule has 1 aromatic rings. The van der Waals surface area contributed by atoms with E-state index in [9.17, 15) is 0 Å². The molecule has 3 nitrogen and oxygen atoms in total. The van der Waals surface area contributed by atoms with E-state index >= 15 is 0 Å². The zero-order valence-corrected chi connectivity index (χ0v) is 10.2. The maximum atomic E-state index is 5.74. The van der Waals surface area contributed by atoms with E-state index in [0.717, 1.165) is 30.8 Å². The number of rotatable bonds is 6. The molecule has 1 aromatic heterocycles. The second kappa shape index (κ2) is 6.28. The van der Waals surface area contributed by atoms with E-state index < -0.39 is 0 Å². The van der Waals surface area contributed by atoms with E-state index in [-0.39, 0.29) is 0 Å². The zero-order valence-electron chi connectivity index (χ0n) is 10.2. The third-order valence-electron chi connectivity index (χ3n) is 2.50. The monoisotopic (exact) mass is 219 g/mol. The summed E-state index contributed by atoms with van der Waals surface area (Å²) in [6, 6.07) is 2.10. The third-order valence-corrected chi connectivity index (χ3v) is 2.50. The Hall–Kier alpha value is -1.35. The summed E-state index contributed by atoms with van der Waals surface area (Å²) < 4.78 is 0. The minimum atomic E-state index is 0.528. The Labute approximate surface area is 98.0 Å². The molecule has 0 saturated heterocycles. The van der Waals surface area contributed by atoms with E-state index in [0.29, 0.717) is 6.54 Å². The maximum absolute atomic E-state index is 5.74. The van der Waals surface area contributed by atoms with Crippen LogP contribution in [0, 0.1) is 6.92 Å². The molecule has 16 heavy (non-hydrogen) atoms. The molecule has 3 heteroatoms. The Balaban J connectivity index is 3.04. The van der Waals surface area contributed by atoms with Gasteiger partial charge in [0.05, 0.1) is 0 Å². The predicted octanol–water partition coefficient (Wildman–Crippen LogP) is 2.25. The summed E-state index contributed by atoms with van der Waals surface area (Å²) >= 11 is 0. The van der Waals surface area contributed by atoms with Crippen molar-refractivity contribution in [2.45, 2.75) is 26.8 Å². The van der Waals surface area contributed by atoms with Crippen LogP contribution >= 0.6 is 0 Å². The largest absolute Gasteiger partial charge is 0.367 e. The standard InChI is InChI=1S/C13H21N3/c1-4-6-16(7-5-2)13-8-11(3)15-10-12(13)9-14/h4,8,10H,1,5-7,9,14H2,2-3H3. The topological polar surface area (TPSA) is 42.2 Å². The van der Waals surface area contributed by atoms with Crippen LogP contribution in [-0.4, -0.2) is 18.1 Å². The lowest BCUT2D eigenvalue weighted by Gasteiger charge is -2.25. The van der Waals surface area contributed by atoms with Gasteiger partial charge >= 0.3 is 0 Å². The average molecular weight is 219 g/mol. The number of aryl methyl sites for hydroxylation is 1. The zero-order chi connectivity index (χ0) is 12.0. The highest BCUT2D eigenvalue weighted by atomic mass is 15.1. The van der Waals surface area contributed by atoms with Gasteiger partial charge in [-0.05, 0) is 19.4 Å². The molecule has 0 unspecified atom stereocenters. The molecule has 88 valence electrons. The molecule has 1 rings (SSSR count). The molecule has 0 amide bonds. The first-order chi connectivity index (χ1) is 7.72. The van der Waals surface area contributed by atoms with E-state index in [1.807, 2.05) is 19.2 Å². The van der Waals surface area contributed by atoms with Crippen LogP contribution in [0.1, 0.15) is 24.6 Å². The van der Waals surface area contributed by atoms with Crippen LogP contribution in [0.25, 0.3) is 0 Å². The number of hydrogen-bond acceptors (Lipinski definition) is 3. The fourth-order valence-electron chi connectivity index (χ4n) is 1.76. The lowest BCUT2D eigenvalue weighted by Crippen LogP contribution is -2.26. The first kappa shape index (κ1) is 12.7. The van der Waals surface area contributed by atoms with Crippen LogP contribution in [-0.2, 0) is 6.54 Å². The highest BCUT2D eigenvalue weighted by molar-refractivity contribution is 5.54. The Kier molecular flexibility index (Phi) is 4.99. The van der Waals surface area contributed by atoms with Crippen molar-refractivity contribution in [3.05, 3.63) is 36.2 Å². The lowest BCUT2D eigenvalue weighted by atomic mass is 10.1. The molecule has 0 saturated carbocycles. The van der Waals surface area contributed by atoms with Crippen molar-refractivity contribution in [2.75, 3.05) is 18.0 Å². The molecule has 0 aromatic carbocycles. The predicted molar refractivity (Wildman–Crippen MR) is 69.6 cm³/mol. The van der Waals surface area contributed by atoms with Gasteiger partial charge in [-0.2, -0.15) is 0 Å². The fraction of sp³-hybridized carbons (Fsp3) is 0.462. The minimum Gasteiger partial charge on any atom is -0.367 e. The number of pyridine rings is 1. The van der Waals surface area contributed by atoms with E-state index in [1.165, 1.54) is 5.69 Å². The molecule has 2 N–H and O–H groups in total. The highest BCUT2D eigenvalue weighted by Crippen LogP contribution is 2.20. The smallest absolute Gasteiger partial charge is 0.0448 e. The van der Waals surface area contributed by atoms with Crippen LogP contribution in [0.4, 0.5) is 5.69 Å². The van der Waals surface area contributed by atoms with Gasteiger partial charge in [-0.3, -0.25) is 4.98 Å². The molecule has 0 bridgehead atoms. The quantitative estimate of drug-likeness (QED) is 0.746. The van der Waals surface area contributed by atoms with Gasteiger partial charge in [0.15, 0.2) is 0 Å². The second-order valence-electron chi connectivity index (χ2n) is 3.89. The van der Waals surface area contributed by atoms with Gasteiger partial charge in [0.1, 0.15) is 0 Å². The highest BCUT2D eigenvalue weighted by Gasteiger charge is 2.09. The summed E-state index contributed by atoms with van der Waals surface area (Å²) in [5.74, 6) is 0. The van der Waals surface area contributed by atoms with Crippen LogP contribution in [0.15, 0.2) is 24.9 Å². The first-order valence-electron chi connectivity index (χ1n) is 5.74. The summed E-state index contributed by atoms with van der Waals surface area (Å²) in [6.07, 6.45) is 4.90. The number of hydrogen-bond donors (Lipinski definition) is 1. The van der Waals surface area contributed by atoms with Gasteiger partial charge in [-0.15, -0.1) is 6.58 Å². The summed E-state index contributed by atoms with van der Waals surface area (Å²) in [7, 11) is 0. The fourth-order valence-corrected chi connectivity index (χ4v) is 1.76. The summed E-state index contributed by atoms with van der Waals surface area (Å²) in [4.78, 5) is 6.58. The summed E-state index contributed by atoms with van der Waals surface area (Å²) in [5.41, 5.74) is 9.05. The van der Waals surface area contributed by atoms with Crippen molar-refractivity contribution in [2.24, 2.45) is 5.73 Å². The minimum absolute atomic E-state index is 0.528. The van der Waals surface area contributed by atoms with Crippen LogP contribution < -0.4 is 10.6 Å². The normalized spacial score (nSPS) is 10.2. The van der Waals surface area contributed by atoms with E-state index in [2.05, 4.69) is 29.5 Å². The molecule has 0 atom stereocenters. The van der Waals surface area contributed by atoms with E-state index in [1.54, 1.807) is 0 Å². The molecule has 0 fully saturated rings. The molecule has 1 heterocycles. The lowest BCUT2D eigenvalue weighted by molar-refractivity contribution is 0.805. The van der Waals surface area contributed by atoms with Crippen molar-refractivity contribution < 1.29 is 0 Å². The van der Waals surface area contributed by atoms with Crippen LogP contribution in [0.5, 0.6) is 0 Å². The third kappa shape index (κ3) is 3.07. The molecule has 0 aliphatic heterocycles. The van der Waals surface area contributed by atoms with Crippen molar-refractivity contribution in [3.63, 3.8) is 0 Å². The second-order valence-corrected chi connectivity index (χ2v) is 3.89. The van der Waals surface area contributed by atoms with Gasteiger partial charge in [-0.25, -0.2) is 0 Å². The molecule has 0 aliphatic rings. The Morgan fingerprint density at radius 1 is 1.56 bits per heavy atom. The van der Waals surface area contributed by atoms with Crippen molar-refractivity contribution >= 4 is 5.69 Å². The van der Waals surface area contributed by atoms with Gasteiger partial charge in [0, 0.05) is 42.8 Å². The van der Waals surface area contributed by atoms with E-state index in [4.69, 9.17) is 5.73 Å². The van der Waals surface area contributed by atoms with Crippen molar-refractivity contribution in [3.8, 4) is 0 Å². The Morgan fingerprint density at radius 3 is 2.88 bits per heavy atom. The van der Waals surface area contributed by atoms with Gasteiger partial charge in [0.25, 0.3) is 0 Å². The first-order valence-corrected chi connectivity index (χ1v) is 5.74. The van der Waals surface area contributed by atoms with Crippen LogP contribution in [0.3, 0.4) is 0 Å². The number of nitrogens with zero attached hydrogens (tertiary/aromatic N) is 2. The van der Waals surface area contributed by atoms with Gasteiger partial charge in [0.2, 0.25) is 0 Å². The van der Waals surface area contributed by atoms with Crippen molar-refractivity contribution in [1.29, 1.82) is 0 Å². The number of anilines is 1. The number of aromatic nitrogens is 1. The summed E-state index contributed by atoms with van der Waals surface area (Å²) in [5, 5.41) is 0. The van der Waals surface area contributed by atoms with Gasteiger partial charge in [-0.1, -0.05) is 13.0 Å². The molecule has 0 radical (unpaired) electrons. The molecule has 0 spiro atoms. The SMILES string of the molecule is C=CCN(CCC)c1cc(C)ncc1CN. The van der Waals surface area contributed by atoms with Crippen LogP contribution in [0.2, 0.25) is 0 Å².